The number of aryl methyl sites for hydroxylation is 2. The Bertz CT molecular complexity index is 272. The summed E-state index contributed by atoms with van der Waals surface area (Å²) in [5.74, 6) is 0. The van der Waals surface area contributed by atoms with Gasteiger partial charge in [0.2, 0.25) is 0 Å². The number of benzene rings is 1. The lowest BCUT2D eigenvalue weighted by Gasteiger charge is -2.18. The summed E-state index contributed by atoms with van der Waals surface area (Å²) in [7, 11) is 0. The third-order valence-electron chi connectivity index (χ3n) is 2.29. The summed E-state index contributed by atoms with van der Waals surface area (Å²) in [4.78, 5) is 0. The Labute approximate surface area is 78.8 Å². The van der Waals surface area contributed by atoms with Crippen molar-refractivity contribution in [1.29, 1.82) is 0 Å². The molecule has 0 aliphatic carbocycles. The molecule has 0 bridgehead atoms. The molecule has 0 heterocycles. The largest absolute Gasteiger partial charge is 0.390 e. The number of hydrogen-bond acceptors (Lipinski definition) is 2. The van der Waals surface area contributed by atoms with E-state index in [0.717, 1.165) is 16.7 Å². The zero-order valence-electron chi connectivity index (χ0n) is 8.28. The Morgan fingerprint density at radius 2 is 1.54 bits per heavy atom. The van der Waals surface area contributed by atoms with Crippen molar-refractivity contribution in [3.05, 3.63) is 34.9 Å². The number of rotatable bonds is 2. The molecule has 0 aliphatic rings. The molecule has 72 valence electrons. The molecular weight excluding hydrogens is 164 g/mol. The van der Waals surface area contributed by atoms with E-state index in [1.165, 1.54) is 0 Å². The van der Waals surface area contributed by atoms with E-state index in [4.69, 9.17) is 0 Å². The molecule has 0 saturated heterocycles. The van der Waals surface area contributed by atoms with Crippen LogP contribution >= 0.6 is 0 Å². The Morgan fingerprint density at radius 3 is 1.92 bits per heavy atom. The van der Waals surface area contributed by atoms with Crippen molar-refractivity contribution < 1.29 is 10.2 Å². The molecule has 2 heteroatoms. The number of hydrogen-bond donors (Lipinski definition) is 2. The van der Waals surface area contributed by atoms with Crippen LogP contribution in [0.3, 0.4) is 0 Å². The first-order valence-electron chi connectivity index (χ1n) is 4.46. The predicted octanol–water partition coefficient (Wildman–Crippen LogP) is 1.72. The molecule has 1 aromatic carbocycles. The number of aliphatic hydroxyl groups excluding tert-OH is 2. The predicted molar refractivity (Wildman–Crippen MR) is 52.6 cm³/mol. The Kier molecular flexibility index (Phi) is 3.07. The molecule has 0 aliphatic heterocycles. The van der Waals surface area contributed by atoms with Gasteiger partial charge in [-0.05, 0) is 37.5 Å². The van der Waals surface area contributed by atoms with Crippen molar-refractivity contribution in [3.63, 3.8) is 0 Å². The highest BCUT2D eigenvalue weighted by Crippen LogP contribution is 2.23. The van der Waals surface area contributed by atoms with Gasteiger partial charge in [-0.25, -0.2) is 0 Å². The fourth-order valence-corrected chi connectivity index (χ4v) is 1.54. The molecule has 13 heavy (non-hydrogen) atoms. The monoisotopic (exact) mass is 180 g/mol. The maximum Gasteiger partial charge on any atom is 0.105 e. The highest BCUT2D eigenvalue weighted by atomic mass is 16.3. The molecule has 0 aromatic heterocycles. The smallest absolute Gasteiger partial charge is 0.105 e. The van der Waals surface area contributed by atoms with Gasteiger partial charge in [-0.1, -0.05) is 18.2 Å². The maximum atomic E-state index is 9.71. The van der Waals surface area contributed by atoms with Crippen LogP contribution in [0.4, 0.5) is 0 Å². The fourth-order valence-electron chi connectivity index (χ4n) is 1.54. The molecule has 0 fully saturated rings. The normalized spacial score (nSPS) is 15.5. The van der Waals surface area contributed by atoms with Gasteiger partial charge in [0.25, 0.3) is 0 Å². The van der Waals surface area contributed by atoms with Crippen LogP contribution in [0.1, 0.15) is 29.7 Å². The second kappa shape index (κ2) is 3.90. The van der Waals surface area contributed by atoms with E-state index in [2.05, 4.69) is 0 Å². The molecular formula is C11H16O2. The average Bonchev–Trinajstić information content (AvgIpc) is 2.03. The van der Waals surface area contributed by atoms with Gasteiger partial charge in [-0.3, -0.25) is 0 Å². The summed E-state index contributed by atoms with van der Waals surface area (Å²) in [5.41, 5.74) is 2.89. The lowest BCUT2D eigenvalue weighted by Crippen LogP contribution is -2.16. The van der Waals surface area contributed by atoms with Crippen LogP contribution in [0.15, 0.2) is 18.2 Å². The van der Waals surface area contributed by atoms with Crippen molar-refractivity contribution in [2.75, 3.05) is 0 Å². The van der Waals surface area contributed by atoms with Gasteiger partial charge < -0.3 is 10.2 Å². The van der Waals surface area contributed by atoms with Gasteiger partial charge in [-0.2, -0.15) is 0 Å². The Balaban J connectivity index is 3.12. The summed E-state index contributed by atoms with van der Waals surface area (Å²) in [6.07, 6.45) is -1.50. The fraction of sp³-hybridized carbons (Fsp3) is 0.455. The SMILES string of the molecule is Cc1cccc(C)c1[C@H](O)[C@H](C)O. The van der Waals surface area contributed by atoms with E-state index in [1.807, 2.05) is 32.0 Å². The first kappa shape index (κ1) is 10.2. The first-order valence-corrected chi connectivity index (χ1v) is 4.46. The molecule has 0 amide bonds. The minimum Gasteiger partial charge on any atom is -0.390 e. The van der Waals surface area contributed by atoms with E-state index < -0.39 is 12.2 Å². The van der Waals surface area contributed by atoms with Gasteiger partial charge in [0, 0.05) is 0 Å². The average molecular weight is 180 g/mol. The summed E-state index contributed by atoms with van der Waals surface area (Å²) in [6.45, 7) is 5.47. The first-order chi connectivity index (χ1) is 6.04. The Hall–Kier alpha value is -0.860. The lowest BCUT2D eigenvalue weighted by atomic mass is 9.95. The summed E-state index contributed by atoms with van der Waals surface area (Å²) >= 11 is 0. The molecule has 0 radical (unpaired) electrons. The summed E-state index contributed by atoms with van der Waals surface area (Å²) < 4.78 is 0. The van der Waals surface area contributed by atoms with Crippen LogP contribution in [0.2, 0.25) is 0 Å². The van der Waals surface area contributed by atoms with Gasteiger partial charge in [0.15, 0.2) is 0 Å². The molecule has 2 N–H and O–H groups in total. The van der Waals surface area contributed by atoms with Gasteiger partial charge in [0.05, 0.1) is 6.10 Å². The second-order valence-corrected chi connectivity index (χ2v) is 3.49. The van der Waals surface area contributed by atoms with E-state index in [-0.39, 0.29) is 0 Å². The molecule has 2 atom stereocenters. The third-order valence-corrected chi connectivity index (χ3v) is 2.29. The minimum absolute atomic E-state index is 0.722. The summed E-state index contributed by atoms with van der Waals surface area (Å²) in [6, 6.07) is 5.82. The standard InChI is InChI=1S/C11H16O2/c1-7-5-4-6-8(2)10(7)11(13)9(3)12/h4-6,9,11-13H,1-3H3/t9-,11+/m0/s1. The zero-order chi connectivity index (χ0) is 10.0. The van der Waals surface area contributed by atoms with E-state index in [0.29, 0.717) is 0 Å². The molecule has 0 saturated carbocycles. The third kappa shape index (κ3) is 2.08. The minimum atomic E-state index is -0.777. The van der Waals surface area contributed by atoms with Crippen LogP contribution < -0.4 is 0 Å². The van der Waals surface area contributed by atoms with E-state index in [9.17, 15) is 10.2 Å². The molecule has 2 nitrogen and oxygen atoms in total. The van der Waals surface area contributed by atoms with E-state index in [1.54, 1.807) is 6.92 Å². The van der Waals surface area contributed by atoms with Gasteiger partial charge in [0.1, 0.15) is 6.10 Å². The van der Waals surface area contributed by atoms with Crippen molar-refractivity contribution in [2.24, 2.45) is 0 Å². The second-order valence-electron chi connectivity index (χ2n) is 3.49. The molecule has 1 rings (SSSR count). The summed E-state index contributed by atoms with van der Waals surface area (Å²) in [5, 5.41) is 19.0. The quantitative estimate of drug-likeness (QED) is 0.727. The highest BCUT2D eigenvalue weighted by Gasteiger charge is 2.17. The van der Waals surface area contributed by atoms with E-state index >= 15 is 0 Å². The maximum absolute atomic E-state index is 9.71. The van der Waals surface area contributed by atoms with Crippen LogP contribution in [0.25, 0.3) is 0 Å². The van der Waals surface area contributed by atoms with Gasteiger partial charge >= 0.3 is 0 Å². The van der Waals surface area contributed by atoms with Crippen molar-refractivity contribution >= 4 is 0 Å². The van der Waals surface area contributed by atoms with Gasteiger partial charge in [-0.15, -0.1) is 0 Å². The Morgan fingerprint density at radius 1 is 1.08 bits per heavy atom. The van der Waals surface area contributed by atoms with Crippen LogP contribution in [0.5, 0.6) is 0 Å². The van der Waals surface area contributed by atoms with Crippen LogP contribution in [-0.4, -0.2) is 16.3 Å². The highest BCUT2D eigenvalue weighted by molar-refractivity contribution is 5.35. The van der Waals surface area contributed by atoms with Crippen LogP contribution in [-0.2, 0) is 0 Å². The molecule has 0 unspecified atom stereocenters. The van der Waals surface area contributed by atoms with Crippen molar-refractivity contribution in [2.45, 2.75) is 33.0 Å². The zero-order valence-corrected chi connectivity index (χ0v) is 8.28. The molecule has 1 aromatic rings. The van der Waals surface area contributed by atoms with Crippen molar-refractivity contribution in [3.8, 4) is 0 Å². The number of aliphatic hydroxyl groups is 2. The van der Waals surface area contributed by atoms with Crippen LogP contribution in [0, 0.1) is 13.8 Å². The van der Waals surface area contributed by atoms with Crippen molar-refractivity contribution in [1.82, 2.24) is 0 Å². The lowest BCUT2D eigenvalue weighted by molar-refractivity contribution is 0.0297. The topological polar surface area (TPSA) is 40.5 Å². The molecule has 0 spiro atoms.